The molecule has 1 aromatic carbocycles. The summed E-state index contributed by atoms with van der Waals surface area (Å²) in [5, 5.41) is 6.60. The number of hydrogen-bond acceptors (Lipinski definition) is 3. The minimum Gasteiger partial charge on any atom is -0.381 e. The summed E-state index contributed by atoms with van der Waals surface area (Å²) in [6.07, 6.45) is 2.29. The van der Waals surface area contributed by atoms with Crippen molar-refractivity contribution >= 4 is 23.2 Å². The highest BCUT2D eigenvalue weighted by Crippen LogP contribution is 2.22. The van der Waals surface area contributed by atoms with E-state index in [1.54, 1.807) is 25.3 Å². The molecule has 0 aliphatic heterocycles. The van der Waals surface area contributed by atoms with E-state index in [0.29, 0.717) is 23.7 Å². The summed E-state index contributed by atoms with van der Waals surface area (Å²) in [7, 11) is 1.72. The minimum absolute atomic E-state index is 0.0573. The molecular formula is C13H17ClN2O2. The van der Waals surface area contributed by atoms with Crippen molar-refractivity contribution in [3.63, 3.8) is 0 Å². The van der Waals surface area contributed by atoms with E-state index in [1.807, 2.05) is 6.07 Å². The van der Waals surface area contributed by atoms with Crippen LogP contribution in [0.2, 0.25) is 5.02 Å². The SMILES string of the molecule is COC1CC(NCC(=O)Nc2cccc(Cl)c2)C1. The van der Waals surface area contributed by atoms with Gasteiger partial charge < -0.3 is 15.4 Å². The van der Waals surface area contributed by atoms with Gasteiger partial charge in [-0.2, -0.15) is 0 Å². The number of carbonyl (C=O) groups excluding carboxylic acids is 1. The Labute approximate surface area is 112 Å². The second kappa shape index (κ2) is 6.18. The van der Waals surface area contributed by atoms with E-state index < -0.39 is 0 Å². The molecule has 0 bridgehead atoms. The first-order chi connectivity index (χ1) is 8.67. The van der Waals surface area contributed by atoms with E-state index in [-0.39, 0.29) is 5.91 Å². The molecule has 0 heterocycles. The van der Waals surface area contributed by atoms with Crippen molar-refractivity contribution < 1.29 is 9.53 Å². The van der Waals surface area contributed by atoms with E-state index in [0.717, 1.165) is 18.5 Å². The first kappa shape index (κ1) is 13.3. The fourth-order valence-corrected chi connectivity index (χ4v) is 2.12. The second-order valence-electron chi connectivity index (χ2n) is 4.47. The number of nitrogens with one attached hydrogen (secondary N) is 2. The number of methoxy groups -OCH3 is 1. The fourth-order valence-electron chi connectivity index (χ4n) is 1.93. The third kappa shape index (κ3) is 3.70. The van der Waals surface area contributed by atoms with Crippen molar-refractivity contribution in [3.8, 4) is 0 Å². The molecule has 98 valence electrons. The van der Waals surface area contributed by atoms with E-state index in [9.17, 15) is 4.79 Å². The van der Waals surface area contributed by atoms with Gasteiger partial charge in [0.25, 0.3) is 0 Å². The van der Waals surface area contributed by atoms with Crippen LogP contribution in [0.15, 0.2) is 24.3 Å². The lowest BCUT2D eigenvalue weighted by atomic mass is 9.89. The highest BCUT2D eigenvalue weighted by atomic mass is 35.5. The maximum atomic E-state index is 11.7. The Morgan fingerprint density at radius 2 is 2.28 bits per heavy atom. The maximum absolute atomic E-state index is 11.7. The molecule has 18 heavy (non-hydrogen) atoms. The van der Waals surface area contributed by atoms with Gasteiger partial charge in [0.1, 0.15) is 0 Å². The average molecular weight is 269 g/mol. The number of carbonyl (C=O) groups is 1. The third-order valence-electron chi connectivity index (χ3n) is 3.09. The number of benzene rings is 1. The molecule has 1 aliphatic carbocycles. The quantitative estimate of drug-likeness (QED) is 0.859. The summed E-state index contributed by atoms with van der Waals surface area (Å²) in [5.74, 6) is -0.0573. The van der Waals surface area contributed by atoms with Gasteiger partial charge in [0, 0.05) is 23.9 Å². The zero-order valence-electron chi connectivity index (χ0n) is 10.3. The third-order valence-corrected chi connectivity index (χ3v) is 3.32. The van der Waals surface area contributed by atoms with Crippen molar-refractivity contribution in [1.82, 2.24) is 5.32 Å². The van der Waals surface area contributed by atoms with Crippen LogP contribution >= 0.6 is 11.6 Å². The molecular weight excluding hydrogens is 252 g/mol. The molecule has 1 fully saturated rings. The predicted octanol–water partition coefficient (Wildman–Crippen LogP) is 2.05. The molecule has 0 radical (unpaired) electrons. The number of rotatable bonds is 5. The predicted molar refractivity (Wildman–Crippen MR) is 71.9 cm³/mol. The molecule has 2 N–H and O–H groups in total. The summed E-state index contributed by atoms with van der Waals surface area (Å²) in [4.78, 5) is 11.7. The van der Waals surface area contributed by atoms with Crippen LogP contribution in [0, 0.1) is 0 Å². The number of ether oxygens (including phenoxy) is 1. The molecule has 1 amide bonds. The molecule has 1 aliphatic rings. The van der Waals surface area contributed by atoms with Crippen molar-refractivity contribution in [2.45, 2.75) is 25.0 Å². The van der Waals surface area contributed by atoms with Gasteiger partial charge in [0.15, 0.2) is 0 Å². The van der Waals surface area contributed by atoms with E-state index in [2.05, 4.69) is 10.6 Å². The summed E-state index contributed by atoms with van der Waals surface area (Å²) in [6, 6.07) is 7.51. The first-order valence-corrected chi connectivity index (χ1v) is 6.37. The Kier molecular flexibility index (Phi) is 4.58. The molecule has 1 aromatic rings. The smallest absolute Gasteiger partial charge is 0.238 e. The normalized spacial score (nSPS) is 22.3. The summed E-state index contributed by atoms with van der Waals surface area (Å²) in [5.41, 5.74) is 0.720. The van der Waals surface area contributed by atoms with Crippen LogP contribution in [-0.2, 0) is 9.53 Å². The highest BCUT2D eigenvalue weighted by Gasteiger charge is 2.28. The van der Waals surface area contributed by atoms with E-state index in [4.69, 9.17) is 16.3 Å². The van der Waals surface area contributed by atoms with Crippen LogP contribution in [0.5, 0.6) is 0 Å². The Hall–Kier alpha value is -1.10. The zero-order chi connectivity index (χ0) is 13.0. The molecule has 0 saturated heterocycles. The Morgan fingerprint density at radius 1 is 1.50 bits per heavy atom. The molecule has 0 spiro atoms. The molecule has 4 nitrogen and oxygen atoms in total. The zero-order valence-corrected chi connectivity index (χ0v) is 11.0. The van der Waals surface area contributed by atoms with Crippen molar-refractivity contribution in [1.29, 1.82) is 0 Å². The standard InChI is InChI=1S/C13H17ClN2O2/c1-18-12-6-11(7-12)15-8-13(17)16-10-4-2-3-9(14)5-10/h2-5,11-12,15H,6-8H2,1H3,(H,16,17). The van der Waals surface area contributed by atoms with Crippen molar-refractivity contribution in [2.75, 3.05) is 19.0 Å². The van der Waals surface area contributed by atoms with E-state index >= 15 is 0 Å². The van der Waals surface area contributed by atoms with Crippen LogP contribution in [0.3, 0.4) is 0 Å². The summed E-state index contributed by atoms with van der Waals surface area (Å²) >= 11 is 5.84. The molecule has 0 atom stereocenters. The number of halogens is 1. The molecule has 0 aromatic heterocycles. The minimum atomic E-state index is -0.0573. The van der Waals surface area contributed by atoms with Gasteiger partial charge in [-0.15, -0.1) is 0 Å². The molecule has 1 saturated carbocycles. The van der Waals surface area contributed by atoms with Crippen molar-refractivity contribution in [3.05, 3.63) is 29.3 Å². The molecule has 2 rings (SSSR count). The second-order valence-corrected chi connectivity index (χ2v) is 4.90. The fraction of sp³-hybridized carbons (Fsp3) is 0.462. The van der Waals surface area contributed by atoms with Crippen LogP contribution in [0.4, 0.5) is 5.69 Å². The summed E-state index contributed by atoms with van der Waals surface area (Å²) < 4.78 is 5.18. The lowest BCUT2D eigenvalue weighted by Crippen LogP contribution is -2.47. The van der Waals surface area contributed by atoms with Gasteiger partial charge in [-0.3, -0.25) is 4.79 Å². The van der Waals surface area contributed by atoms with Gasteiger partial charge in [-0.25, -0.2) is 0 Å². The van der Waals surface area contributed by atoms with E-state index in [1.165, 1.54) is 0 Å². The van der Waals surface area contributed by atoms with Crippen LogP contribution in [0.25, 0.3) is 0 Å². The molecule has 5 heteroatoms. The van der Waals surface area contributed by atoms with Gasteiger partial charge in [-0.1, -0.05) is 17.7 Å². The monoisotopic (exact) mass is 268 g/mol. The molecule has 0 unspecified atom stereocenters. The Morgan fingerprint density at radius 3 is 2.94 bits per heavy atom. The largest absolute Gasteiger partial charge is 0.381 e. The lowest BCUT2D eigenvalue weighted by Gasteiger charge is -2.34. The van der Waals surface area contributed by atoms with Crippen molar-refractivity contribution in [2.24, 2.45) is 0 Å². The van der Waals surface area contributed by atoms with Gasteiger partial charge >= 0.3 is 0 Å². The highest BCUT2D eigenvalue weighted by molar-refractivity contribution is 6.30. The van der Waals surface area contributed by atoms with Gasteiger partial charge in [0.05, 0.1) is 12.6 Å². The number of anilines is 1. The lowest BCUT2D eigenvalue weighted by molar-refractivity contribution is -0.115. The topological polar surface area (TPSA) is 50.4 Å². The van der Waals surface area contributed by atoms with Crippen LogP contribution in [0.1, 0.15) is 12.8 Å². The first-order valence-electron chi connectivity index (χ1n) is 5.99. The number of hydrogen-bond donors (Lipinski definition) is 2. The van der Waals surface area contributed by atoms with Gasteiger partial charge in [0.2, 0.25) is 5.91 Å². The Bertz CT molecular complexity index is 419. The number of amides is 1. The maximum Gasteiger partial charge on any atom is 0.238 e. The average Bonchev–Trinajstić information content (AvgIpc) is 2.27. The summed E-state index contributed by atoms with van der Waals surface area (Å²) in [6.45, 7) is 0.313. The van der Waals surface area contributed by atoms with Crippen LogP contribution < -0.4 is 10.6 Å². The van der Waals surface area contributed by atoms with Crippen LogP contribution in [-0.4, -0.2) is 31.7 Å². The Balaban J connectivity index is 1.70. The van der Waals surface area contributed by atoms with Gasteiger partial charge in [-0.05, 0) is 31.0 Å².